The predicted molar refractivity (Wildman–Crippen MR) is 65.2 cm³/mol. The maximum Gasteiger partial charge on any atom is 0.209 e. The summed E-state index contributed by atoms with van der Waals surface area (Å²) >= 11 is 0. The zero-order valence-corrected chi connectivity index (χ0v) is 10.3. The standard InChI is InChI=1S/C14H20N/c1-10(2)14(4)11(3)15(5)13-9-7-6-8-12(13)14/h6-10H,1-5H3/q+1. The summed E-state index contributed by atoms with van der Waals surface area (Å²) < 4.78 is 2.33. The van der Waals surface area contributed by atoms with Gasteiger partial charge in [-0.15, -0.1) is 0 Å². The van der Waals surface area contributed by atoms with Crippen molar-refractivity contribution in [2.45, 2.75) is 33.1 Å². The molecule has 1 nitrogen and oxygen atoms in total. The minimum absolute atomic E-state index is 0.200. The van der Waals surface area contributed by atoms with Gasteiger partial charge in [-0.1, -0.05) is 32.0 Å². The van der Waals surface area contributed by atoms with Gasteiger partial charge in [0.05, 0.1) is 5.41 Å². The van der Waals surface area contributed by atoms with Gasteiger partial charge in [0.15, 0.2) is 5.71 Å². The van der Waals surface area contributed by atoms with Crippen LogP contribution >= 0.6 is 0 Å². The number of fused-ring (bicyclic) bond motifs is 1. The molecule has 0 N–H and O–H groups in total. The lowest BCUT2D eigenvalue weighted by molar-refractivity contribution is -0.403. The van der Waals surface area contributed by atoms with Gasteiger partial charge in [-0.05, 0) is 12.8 Å². The molecular weight excluding hydrogens is 182 g/mol. The van der Waals surface area contributed by atoms with Gasteiger partial charge in [0, 0.05) is 18.6 Å². The molecule has 1 aliphatic rings. The molecule has 0 radical (unpaired) electrons. The van der Waals surface area contributed by atoms with Crippen molar-refractivity contribution in [3.63, 3.8) is 0 Å². The fraction of sp³-hybridized carbons (Fsp3) is 0.500. The molecule has 15 heavy (non-hydrogen) atoms. The monoisotopic (exact) mass is 202 g/mol. The van der Waals surface area contributed by atoms with E-state index in [0.29, 0.717) is 5.92 Å². The average Bonchev–Trinajstić information content (AvgIpc) is 2.43. The average molecular weight is 202 g/mol. The van der Waals surface area contributed by atoms with E-state index in [1.807, 2.05) is 0 Å². The van der Waals surface area contributed by atoms with Crippen molar-refractivity contribution in [3.05, 3.63) is 29.8 Å². The van der Waals surface area contributed by atoms with Crippen LogP contribution in [0.25, 0.3) is 0 Å². The van der Waals surface area contributed by atoms with Crippen molar-refractivity contribution in [2.75, 3.05) is 7.05 Å². The largest absolute Gasteiger partial charge is 0.209 e. The third kappa shape index (κ3) is 1.19. The quantitative estimate of drug-likeness (QED) is 0.614. The smallest absolute Gasteiger partial charge is 0.202 e. The van der Waals surface area contributed by atoms with Gasteiger partial charge in [-0.25, -0.2) is 4.58 Å². The molecular formula is C14H20N+. The van der Waals surface area contributed by atoms with Gasteiger partial charge in [-0.3, -0.25) is 0 Å². The van der Waals surface area contributed by atoms with Gasteiger partial charge < -0.3 is 0 Å². The Morgan fingerprint density at radius 1 is 1.20 bits per heavy atom. The van der Waals surface area contributed by atoms with E-state index in [1.54, 1.807) is 0 Å². The maximum absolute atomic E-state index is 2.36. The predicted octanol–water partition coefficient (Wildman–Crippen LogP) is 3.35. The van der Waals surface area contributed by atoms with Crippen LogP contribution in [0.2, 0.25) is 0 Å². The van der Waals surface area contributed by atoms with Crippen LogP contribution < -0.4 is 0 Å². The molecule has 1 aromatic carbocycles. The van der Waals surface area contributed by atoms with E-state index in [4.69, 9.17) is 0 Å². The van der Waals surface area contributed by atoms with Crippen LogP contribution in [0.5, 0.6) is 0 Å². The lowest BCUT2D eigenvalue weighted by Crippen LogP contribution is -2.35. The Hall–Kier alpha value is -1.11. The number of hydrogen-bond acceptors (Lipinski definition) is 0. The lowest BCUT2D eigenvalue weighted by Gasteiger charge is -2.26. The third-order valence-electron chi connectivity index (χ3n) is 4.23. The molecule has 80 valence electrons. The molecule has 1 heterocycles. The summed E-state index contributed by atoms with van der Waals surface area (Å²) in [6, 6.07) is 8.75. The Balaban J connectivity index is 2.71. The first-order valence-corrected chi connectivity index (χ1v) is 5.67. The zero-order valence-electron chi connectivity index (χ0n) is 10.3. The summed E-state index contributed by atoms with van der Waals surface area (Å²) in [6.07, 6.45) is 0. The van der Waals surface area contributed by atoms with E-state index >= 15 is 0 Å². The SMILES string of the molecule is CC1=[N+](C)c2ccccc2C1(C)C(C)C. The Morgan fingerprint density at radius 2 is 1.80 bits per heavy atom. The Morgan fingerprint density at radius 3 is 2.40 bits per heavy atom. The summed E-state index contributed by atoms with van der Waals surface area (Å²) in [6.45, 7) is 9.22. The Kier molecular flexibility index (Phi) is 2.22. The van der Waals surface area contributed by atoms with E-state index in [-0.39, 0.29) is 5.41 Å². The van der Waals surface area contributed by atoms with Gasteiger partial charge in [0.1, 0.15) is 7.05 Å². The molecule has 0 saturated carbocycles. The highest BCUT2D eigenvalue weighted by molar-refractivity contribution is 5.93. The van der Waals surface area contributed by atoms with Crippen molar-refractivity contribution in [1.82, 2.24) is 0 Å². The molecule has 0 bridgehead atoms. The molecule has 1 aromatic rings. The first kappa shape index (κ1) is 10.4. The second kappa shape index (κ2) is 3.19. The first-order chi connectivity index (χ1) is 6.99. The van der Waals surface area contributed by atoms with Crippen molar-refractivity contribution in [2.24, 2.45) is 5.92 Å². The van der Waals surface area contributed by atoms with Crippen LogP contribution in [0.1, 0.15) is 33.3 Å². The molecule has 2 rings (SSSR count). The van der Waals surface area contributed by atoms with Crippen molar-refractivity contribution in [3.8, 4) is 0 Å². The van der Waals surface area contributed by atoms with E-state index in [1.165, 1.54) is 17.0 Å². The topological polar surface area (TPSA) is 3.01 Å². The van der Waals surface area contributed by atoms with E-state index in [0.717, 1.165) is 0 Å². The van der Waals surface area contributed by atoms with Gasteiger partial charge >= 0.3 is 0 Å². The molecule has 0 saturated heterocycles. The number of nitrogens with zero attached hydrogens (tertiary/aromatic N) is 1. The first-order valence-electron chi connectivity index (χ1n) is 5.67. The summed E-state index contributed by atoms with van der Waals surface area (Å²) in [5, 5.41) is 0. The fourth-order valence-electron chi connectivity index (χ4n) is 2.66. The summed E-state index contributed by atoms with van der Waals surface area (Å²) in [4.78, 5) is 0. The molecule has 1 unspecified atom stereocenters. The minimum atomic E-state index is 0.200. The molecule has 0 fully saturated rings. The highest BCUT2D eigenvalue weighted by Crippen LogP contribution is 2.43. The number of benzene rings is 1. The molecule has 1 aliphatic heterocycles. The maximum atomic E-state index is 2.36. The normalized spacial score (nSPS) is 24.9. The van der Waals surface area contributed by atoms with Crippen LogP contribution in [0.3, 0.4) is 0 Å². The van der Waals surface area contributed by atoms with Crippen LogP contribution in [-0.4, -0.2) is 17.3 Å². The second-order valence-corrected chi connectivity index (χ2v) is 5.02. The Bertz CT molecular complexity index is 429. The van der Waals surface area contributed by atoms with Crippen molar-refractivity contribution in [1.29, 1.82) is 0 Å². The third-order valence-corrected chi connectivity index (χ3v) is 4.23. The minimum Gasteiger partial charge on any atom is -0.202 e. The number of rotatable bonds is 1. The van der Waals surface area contributed by atoms with Gasteiger partial charge in [0.25, 0.3) is 0 Å². The van der Waals surface area contributed by atoms with Crippen molar-refractivity contribution < 1.29 is 4.58 Å². The highest BCUT2D eigenvalue weighted by atomic mass is 15.0. The van der Waals surface area contributed by atoms with Crippen LogP contribution in [0.15, 0.2) is 24.3 Å². The highest BCUT2D eigenvalue weighted by Gasteiger charge is 2.46. The molecule has 0 amide bonds. The number of hydrogen-bond donors (Lipinski definition) is 0. The van der Waals surface area contributed by atoms with E-state index in [2.05, 4.69) is 63.6 Å². The summed E-state index contributed by atoms with van der Waals surface area (Å²) in [5.41, 5.74) is 4.50. The summed E-state index contributed by atoms with van der Waals surface area (Å²) in [5.74, 6) is 0.628. The Labute approximate surface area is 92.5 Å². The molecule has 1 atom stereocenters. The molecule has 0 spiro atoms. The van der Waals surface area contributed by atoms with Gasteiger partial charge in [0.2, 0.25) is 5.69 Å². The van der Waals surface area contributed by atoms with Crippen LogP contribution in [-0.2, 0) is 5.41 Å². The van der Waals surface area contributed by atoms with Crippen molar-refractivity contribution >= 4 is 11.4 Å². The molecule has 0 aliphatic carbocycles. The lowest BCUT2D eigenvalue weighted by atomic mass is 9.71. The van der Waals surface area contributed by atoms with Gasteiger partial charge in [-0.2, -0.15) is 0 Å². The molecule has 1 heteroatoms. The molecule has 0 aromatic heterocycles. The van der Waals surface area contributed by atoms with Crippen LogP contribution in [0.4, 0.5) is 5.69 Å². The number of para-hydroxylation sites is 1. The zero-order chi connectivity index (χ0) is 11.2. The summed E-state index contributed by atoms with van der Waals surface area (Å²) in [7, 11) is 2.17. The van der Waals surface area contributed by atoms with E-state index < -0.39 is 0 Å². The van der Waals surface area contributed by atoms with Crippen LogP contribution in [0, 0.1) is 5.92 Å². The van der Waals surface area contributed by atoms with E-state index in [9.17, 15) is 0 Å². The fourth-order valence-corrected chi connectivity index (χ4v) is 2.66. The second-order valence-electron chi connectivity index (χ2n) is 5.02.